The molecule has 158 valence electrons. The van der Waals surface area contributed by atoms with Gasteiger partial charge in [0.05, 0.1) is 25.0 Å². The number of hydrogen-bond donors (Lipinski definition) is 0. The molecule has 1 saturated heterocycles. The van der Waals surface area contributed by atoms with E-state index in [4.69, 9.17) is 9.72 Å². The maximum absolute atomic E-state index is 12.9. The van der Waals surface area contributed by atoms with E-state index in [1.807, 2.05) is 25.2 Å². The molecule has 1 fully saturated rings. The minimum atomic E-state index is -0.486. The molecule has 0 saturated carbocycles. The van der Waals surface area contributed by atoms with Crippen molar-refractivity contribution in [3.63, 3.8) is 0 Å². The second-order valence-electron chi connectivity index (χ2n) is 7.75. The molecule has 1 spiro atoms. The number of carbonyl (C=O) groups is 2. The van der Waals surface area contributed by atoms with Crippen molar-refractivity contribution >= 4 is 17.8 Å². The number of methoxy groups -OCH3 is 1. The van der Waals surface area contributed by atoms with Gasteiger partial charge in [0.15, 0.2) is 0 Å². The highest BCUT2D eigenvalue weighted by Crippen LogP contribution is 2.40. The lowest BCUT2D eigenvalue weighted by atomic mass is 9.83. The lowest BCUT2D eigenvalue weighted by Gasteiger charge is -2.44. The van der Waals surface area contributed by atoms with Gasteiger partial charge in [-0.2, -0.15) is 0 Å². The molecule has 9 nitrogen and oxygen atoms in total. The van der Waals surface area contributed by atoms with Crippen molar-refractivity contribution in [3.8, 4) is 0 Å². The topological polar surface area (TPSA) is 97.8 Å². The molecular formula is C21H25N5O4. The van der Waals surface area contributed by atoms with E-state index < -0.39 is 11.6 Å². The smallest absolute Gasteiger partial charge is 0.339 e. The zero-order chi connectivity index (χ0) is 21.3. The van der Waals surface area contributed by atoms with E-state index in [1.165, 1.54) is 13.3 Å². The molecule has 0 radical (unpaired) electrons. The van der Waals surface area contributed by atoms with E-state index in [0.717, 1.165) is 17.7 Å². The third kappa shape index (κ3) is 3.60. The van der Waals surface area contributed by atoms with Crippen LogP contribution in [0.5, 0.6) is 0 Å². The van der Waals surface area contributed by atoms with Crippen LogP contribution < -0.4 is 4.90 Å². The van der Waals surface area contributed by atoms with Crippen LogP contribution in [0.15, 0.2) is 24.5 Å². The van der Waals surface area contributed by atoms with Gasteiger partial charge in [-0.15, -0.1) is 0 Å². The number of aromatic nitrogens is 3. The predicted octanol–water partition coefficient (Wildman–Crippen LogP) is 1.43. The third-order valence-electron chi connectivity index (χ3n) is 5.70. The molecular weight excluding hydrogens is 386 g/mol. The van der Waals surface area contributed by atoms with Gasteiger partial charge in [0.1, 0.15) is 11.3 Å². The van der Waals surface area contributed by atoms with E-state index in [0.29, 0.717) is 49.7 Å². The molecule has 4 rings (SSSR count). The Kier molecular flexibility index (Phi) is 5.38. The van der Waals surface area contributed by atoms with E-state index >= 15 is 0 Å². The highest BCUT2D eigenvalue weighted by Gasteiger charge is 2.43. The lowest BCUT2D eigenvalue weighted by Crippen LogP contribution is -2.49. The van der Waals surface area contributed by atoms with Crippen molar-refractivity contribution in [1.82, 2.24) is 19.9 Å². The van der Waals surface area contributed by atoms with Gasteiger partial charge in [-0.05, 0) is 37.0 Å². The van der Waals surface area contributed by atoms with Gasteiger partial charge in [0, 0.05) is 39.6 Å². The maximum atomic E-state index is 12.9. The number of pyridine rings is 1. The highest BCUT2D eigenvalue weighted by atomic mass is 16.5. The summed E-state index contributed by atoms with van der Waals surface area (Å²) in [7, 11) is 5.14. The predicted molar refractivity (Wildman–Crippen MR) is 108 cm³/mol. The number of likely N-dealkylation sites (tertiary alicyclic amines) is 1. The van der Waals surface area contributed by atoms with Crippen LogP contribution in [-0.2, 0) is 21.5 Å². The molecule has 2 aromatic heterocycles. The number of carbonyl (C=O) groups excluding carboxylic acids is 2. The first-order valence-electron chi connectivity index (χ1n) is 9.95. The fourth-order valence-corrected chi connectivity index (χ4v) is 3.99. The average Bonchev–Trinajstić information content (AvgIpc) is 2.78. The van der Waals surface area contributed by atoms with Crippen LogP contribution in [0.25, 0.3) is 0 Å². The van der Waals surface area contributed by atoms with Crippen LogP contribution in [0.3, 0.4) is 0 Å². The number of fused-ring (bicyclic) bond motifs is 2. The first-order valence-corrected chi connectivity index (χ1v) is 9.95. The number of amides is 1. The fraction of sp³-hybridized carbons (Fsp3) is 0.476. The van der Waals surface area contributed by atoms with Crippen LogP contribution in [-0.4, -0.2) is 72.6 Å². The summed E-state index contributed by atoms with van der Waals surface area (Å²) in [6.45, 7) is 1.71. The Morgan fingerprint density at radius 1 is 1.17 bits per heavy atom. The van der Waals surface area contributed by atoms with Gasteiger partial charge in [0.25, 0.3) is 5.91 Å². The fourth-order valence-electron chi connectivity index (χ4n) is 3.99. The monoisotopic (exact) mass is 411 g/mol. The Hall–Kier alpha value is -3.07. The molecule has 0 unspecified atom stereocenters. The maximum Gasteiger partial charge on any atom is 0.339 e. The van der Waals surface area contributed by atoms with Crippen LogP contribution in [0.1, 0.15) is 44.9 Å². The first-order chi connectivity index (χ1) is 14.4. The van der Waals surface area contributed by atoms with Crippen LogP contribution in [0.4, 0.5) is 5.95 Å². The third-order valence-corrected chi connectivity index (χ3v) is 5.70. The van der Waals surface area contributed by atoms with E-state index in [-0.39, 0.29) is 5.91 Å². The van der Waals surface area contributed by atoms with E-state index in [1.54, 1.807) is 17.0 Å². The Morgan fingerprint density at radius 3 is 2.57 bits per heavy atom. The van der Waals surface area contributed by atoms with Crippen LogP contribution in [0.2, 0.25) is 0 Å². The Balaban J connectivity index is 1.50. The first kappa shape index (κ1) is 20.2. The number of anilines is 1. The van der Waals surface area contributed by atoms with Gasteiger partial charge in [-0.25, -0.2) is 14.8 Å². The number of esters is 1. The van der Waals surface area contributed by atoms with Crippen LogP contribution >= 0.6 is 0 Å². The summed E-state index contributed by atoms with van der Waals surface area (Å²) in [5.41, 5.74) is 2.20. The van der Waals surface area contributed by atoms with E-state index in [9.17, 15) is 9.59 Å². The number of hydrogen-bond acceptors (Lipinski definition) is 8. The summed E-state index contributed by atoms with van der Waals surface area (Å²) in [4.78, 5) is 41.4. The molecule has 2 aliphatic rings. The Labute approximate surface area is 175 Å². The van der Waals surface area contributed by atoms with Crippen molar-refractivity contribution in [2.45, 2.75) is 24.9 Å². The summed E-state index contributed by atoms with van der Waals surface area (Å²) in [5, 5.41) is 0. The minimum absolute atomic E-state index is 0.158. The summed E-state index contributed by atoms with van der Waals surface area (Å²) in [6, 6.07) is 3.11. The zero-order valence-electron chi connectivity index (χ0n) is 17.4. The van der Waals surface area contributed by atoms with Gasteiger partial charge in [0.2, 0.25) is 5.95 Å². The van der Waals surface area contributed by atoms with Gasteiger partial charge >= 0.3 is 5.97 Å². The molecule has 0 atom stereocenters. The second kappa shape index (κ2) is 7.98. The molecule has 0 N–H and O–H groups in total. The minimum Gasteiger partial charge on any atom is -0.465 e. The number of ether oxygens (including phenoxy) is 2. The standard InChI is InChI=1S/C21H25N5O4/c1-25(2)20-23-12-14-6-11-30-21(17(14)24-20)7-9-26(10-8-21)18(27)16-5-4-15(13-22-16)19(28)29-3/h4-5,12-13H,6-11H2,1-3H3. The molecule has 1 amide bonds. The summed E-state index contributed by atoms with van der Waals surface area (Å²) in [5.74, 6) is 0.0228. The normalized spacial score (nSPS) is 17.4. The molecule has 9 heteroatoms. The van der Waals surface area contributed by atoms with Crippen molar-refractivity contribution in [3.05, 3.63) is 47.0 Å². The Morgan fingerprint density at radius 2 is 1.93 bits per heavy atom. The zero-order valence-corrected chi connectivity index (χ0v) is 17.4. The molecule has 2 aromatic rings. The molecule has 2 aliphatic heterocycles. The summed E-state index contributed by atoms with van der Waals surface area (Å²) in [6.07, 6.45) is 5.38. The van der Waals surface area contributed by atoms with Crippen LogP contribution in [0, 0.1) is 0 Å². The second-order valence-corrected chi connectivity index (χ2v) is 7.75. The molecule has 4 heterocycles. The summed E-state index contributed by atoms with van der Waals surface area (Å²) < 4.78 is 10.9. The van der Waals surface area contributed by atoms with Crippen molar-refractivity contribution in [2.75, 3.05) is 45.8 Å². The van der Waals surface area contributed by atoms with Gasteiger partial charge in [-0.3, -0.25) is 9.78 Å². The Bertz CT molecular complexity index is 952. The van der Waals surface area contributed by atoms with E-state index in [2.05, 4.69) is 14.7 Å². The average molecular weight is 411 g/mol. The molecule has 30 heavy (non-hydrogen) atoms. The molecule has 0 aromatic carbocycles. The number of nitrogens with zero attached hydrogens (tertiary/aromatic N) is 5. The lowest BCUT2D eigenvalue weighted by molar-refractivity contribution is -0.0967. The molecule has 0 bridgehead atoms. The highest BCUT2D eigenvalue weighted by molar-refractivity contribution is 5.94. The SMILES string of the molecule is COC(=O)c1ccc(C(=O)N2CCC3(CC2)OCCc2cnc(N(C)C)nc23)nc1. The summed E-state index contributed by atoms with van der Waals surface area (Å²) >= 11 is 0. The van der Waals surface area contributed by atoms with Crippen molar-refractivity contribution in [2.24, 2.45) is 0 Å². The number of piperidine rings is 1. The molecule has 0 aliphatic carbocycles. The quantitative estimate of drug-likeness (QED) is 0.700. The largest absolute Gasteiger partial charge is 0.465 e. The van der Waals surface area contributed by atoms with Gasteiger partial charge in [-0.1, -0.05) is 0 Å². The van der Waals surface area contributed by atoms with Gasteiger partial charge < -0.3 is 19.3 Å². The van der Waals surface area contributed by atoms with Crippen molar-refractivity contribution < 1.29 is 19.1 Å². The number of rotatable bonds is 3. The van der Waals surface area contributed by atoms with Crippen molar-refractivity contribution in [1.29, 1.82) is 0 Å².